The van der Waals surface area contributed by atoms with Crippen molar-refractivity contribution in [2.24, 2.45) is 0 Å². The number of esters is 1. The second-order valence-corrected chi connectivity index (χ2v) is 4.31. The summed E-state index contributed by atoms with van der Waals surface area (Å²) in [5.74, 6) is -0.407. The van der Waals surface area contributed by atoms with Crippen molar-refractivity contribution in [3.63, 3.8) is 0 Å². The Morgan fingerprint density at radius 3 is 2.88 bits per heavy atom. The summed E-state index contributed by atoms with van der Waals surface area (Å²) in [6.07, 6.45) is 1.59. The van der Waals surface area contributed by atoms with Crippen LogP contribution in [0.5, 0.6) is 0 Å². The number of nitrogens with zero attached hydrogens (tertiary/aromatic N) is 1. The van der Waals surface area contributed by atoms with E-state index in [1.54, 1.807) is 24.4 Å². The smallest absolute Gasteiger partial charge is 0.339 e. The van der Waals surface area contributed by atoms with E-state index in [0.29, 0.717) is 20.6 Å². The van der Waals surface area contributed by atoms with Crippen molar-refractivity contribution >= 4 is 44.4 Å². The number of fused-ring (bicyclic) bond motifs is 1. The minimum atomic E-state index is -0.407. The lowest BCUT2D eigenvalue weighted by atomic mass is 10.1. The zero-order chi connectivity index (χ0) is 11.7. The minimum Gasteiger partial charge on any atom is -0.465 e. The van der Waals surface area contributed by atoms with Gasteiger partial charge in [-0.05, 0) is 28.1 Å². The number of carbonyl (C=O) groups excluding carboxylic acids is 1. The highest BCUT2D eigenvalue weighted by atomic mass is 79.9. The van der Waals surface area contributed by atoms with Gasteiger partial charge in [-0.1, -0.05) is 17.7 Å². The van der Waals surface area contributed by atoms with E-state index in [2.05, 4.69) is 25.7 Å². The highest BCUT2D eigenvalue weighted by Crippen LogP contribution is 2.30. The molecule has 2 aromatic rings. The van der Waals surface area contributed by atoms with Crippen molar-refractivity contribution < 1.29 is 9.53 Å². The number of ether oxygens (including phenoxy) is 1. The number of methoxy groups -OCH3 is 1. The third kappa shape index (κ3) is 1.79. The Hall–Kier alpha value is -1.13. The van der Waals surface area contributed by atoms with Crippen molar-refractivity contribution in [2.75, 3.05) is 7.11 Å². The predicted octanol–water partition coefficient (Wildman–Crippen LogP) is 3.44. The molecule has 16 heavy (non-hydrogen) atoms. The standard InChI is InChI=1S/C11H7BrClNO2/c1-16-11(15)7-3-2-6-8(13)4-5-14-10(6)9(7)12/h2-5H,1H3. The average Bonchev–Trinajstić information content (AvgIpc) is 2.30. The lowest BCUT2D eigenvalue weighted by Gasteiger charge is -2.06. The summed E-state index contributed by atoms with van der Waals surface area (Å²) in [5, 5.41) is 1.39. The lowest BCUT2D eigenvalue weighted by molar-refractivity contribution is 0.0600. The second-order valence-electron chi connectivity index (χ2n) is 3.11. The van der Waals surface area contributed by atoms with E-state index in [9.17, 15) is 4.79 Å². The maximum absolute atomic E-state index is 11.4. The van der Waals surface area contributed by atoms with Crippen LogP contribution >= 0.6 is 27.5 Å². The van der Waals surface area contributed by atoms with Crippen LogP contribution in [0, 0.1) is 0 Å². The van der Waals surface area contributed by atoms with Crippen molar-refractivity contribution in [1.82, 2.24) is 4.98 Å². The molecule has 3 nitrogen and oxygen atoms in total. The predicted molar refractivity (Wildman–Crippen MR) is 65.8 cm³/mol. The van der Waals surface area contributed by atoms with Gasteiger partial charge in [-0.3, -0.25) is 4.98 Å². The second kappa shape index (κ2) is 4.39. The molecule has 0 saturated carbocycles. The molecule has 0 aliphatic rings. The molecule has 0 saturated heterocycles. The molecule has 0 amide bonds. The molecule has 0 bridgehead atoms. The first-order chi connectivity index (χ1) is 7.65. The molecule has 0 fully saturated rings. The van der Waals surface area contributed by atoms with Gasteiger partial charge in [-0.15, -0.1) is 0 Å². The molecule has 1 aromatic carbocycles. The largest absolute Gasteiger partial charge is 0.465 e. The normalized spacial score (nSPS) is 10.4. The van der Waals surface area contributed by atoms with Crippen molar-refractivity contribution in [3.8, 4) is 0 Å². The van der Waals surface area contributed by atoms with Crippen LogP contribution < -0.4 is 0 Å². The van der Waals surface area contributed by atoms with Crippen LogP contribution in [0.25, 0.3) is 10.9 Å². The number of halogens is 2. The minimum absolute atomic E-state index is 0.407. The van der Waals surface area contributed by atoms with E-state index >= 15 is 0 Å². The van der Waals surface area contributed by atoms with E-state index in [1.165, 1.54) is 7.11 Å². The SMILES string of the molecule is COC(=O)c1ccc2c(Cl)ccnc2c1Br. The highest BCUT2D eigenvalue weighted by molar-refractivity contribution is 9.10. The molecule has 1 heterocycles. The summed E-state index contributed by atoms with van der Waals surface area (Å²) in [5.41, 5.74) is 1.08. The van der Waals surface area contributed by atoms with Gasteiger partial charge in [0, 0.05) is 11.6 Å². The Balaban J connectivity index is 2.75. The summed E-state index contributed by atoms with van der Waals surface area (Å²) in [6.45, 7) is 0. The monoisotopic (exact) mass is 299 g/mol. The van der Waals surface area contributed by atoms with Gasteiger partial charge in [0.25, 0.3) is 0 Å². The van der Waals surface area contributed by atoms with Gasteiger partial charge >= 0.3 is 5.97 Å². The zero-order valence-corrected chi connectivity index (χ0v) is 10.7. The van der Waals surface area contributed by atoms with Crippen molar-refractivity contribution in [3.05, 3.63) is 39.5 Å². The van der Waals surface area contributed by atoms with Crippen LogP contribution in [0.1, 0.15) is 10.4 Å². The summed E-state index contributed by atoms with van der Waals surface area (Å²) in [4.78, 5) is 15.6. The Morgan fingerprint density at radius 2 is 2.19 bits per heavy atom. The van der Waals surface area contributed by atoms with Crippen LogP contribution in [0.4, 0.5) is 0 Å². The van der Waals surface area contributed by atoms with E-state index in [-0.39, 0.29) is 0 Å². The number of carbonyl (C=O) groups is 1. The zero-order valence-electron chi connectivity index (χ0n) is 8.33. The van der Waals surface area contributed by atoms with Crippen LogP contribution in [0.3, 0.4) is 0 Å². The molecular weight excluding hydrogens is 293 g/mol. The van der Waals surface area contributed by atoms with Crippen molar-refractivity contribution in [2.45, 2.75) is 0 Å². The van der Waals surface area contributed by atoms with Crippen LogP contribution in [-0.4, -0.2) is 18.1 Å². The topological polar surface area (TPSA) is 39.2 Å². The summed E-state index contributed by atoms with van der Waals surface area (Å²) in [7, 11) is 1.34. The molecule has 5 heteroatoms. The fourth-order valence-corrected chi connectivity index (χ4v) is 2.24. The first-order valence-corrected chi connectivity index (χ1v) is 5.63. The molecule has 0 aliphatic carbocycles. The maximum atomic E-state index is 11.4. The number of hydrogen-bond donors (Lipinski definition) is 0. The van der Waals surface area contributed by atoms with Crippen molar-refractivity contribution in [1.29, 1.82) is 0 Å². The Labute approximate surface area is 106 Å². The average molecular weight is 301 g/mol. The van der Waals surface area contributed by atoms with Crippen LogP contribution in [-0.2, 0) is 4.74 Å². The van der Waals surface area contributed by atoms with E-state index < -0.39 is 5.97 Å². The number of benzene rings is 1. The number of pyridine rings is 1. The van der Waals surface area contributed by atoms with Gasteiger partial charge in [0.15, 0.2) is 0 Å². The number of rotatable bonds is 1. The number of aromatic nitrogens is 1. The molecule has 0 atom stereocenters. The fraction of sp³-hybridized carbons (Fsp3) is 0.0909. The quantitative estimate of drug-likeness (QED) is 0.757. The summed E-state index contributed by atoms with van der Waals surface area (Å²) < 4.78 is 5.26. The Bertz CT molecular complexity index is 571. The van der Waals surface area contributed by atoms with Crippen LogP contribution in [0.2, 0.25) is 5.02 Å². The molecule has 82 valence electrons. The molecule has 2 rings (SSSR count). The molecule has 0 radical (unpaired) electrons. The Morgan fingerprint density at radius 1 is 1.44 bits per heavy atom. The van der Waals surface area contributed by atoms with E-state index in [1.807, 2.05) is 0 Å². The summed E-state index contributed by atoms with van der Waals surface area (Å²) in [6, 6.07) is 5.11. The van der Waals surface area contributed by atoms with Gasteiger partial charge in [-0.25, -0.2) is 4.79 Å². The fourth-order valence-electron chi connectivity index (χ4n) is 1.42. The van der Waals surface area contributed by atoms with E-state index in [4.69, 9.17) is 11.6 Å². The first kappa shape index (κ1) is 11.4. The molecule has 0 unspecified atom stereocenters. The van der Waals surface area contributed by atoms with Gasteiger partial charge in [0.05, 0.1) is 27.7 Å². The first-order valence-electron chi connectivity index (χ1n) is 4.46. The molecule has 0 spiro atoms. The number of hydrogen-bond acceptors (Lipinski definition) is 3. The van der Waals surface area contributed by atoms with E-state index in [0.717, 1.165) is 5.39 Å². The highest BCUT2D eigenvalue weighted by Gasteiger charge is 2.14. The molecule has 1 aromatic heterocycles. The Kier molecular flexibility index (Phi) is 3.12. The summed E-state index contributed by atoms with van der Waals surface area (Å²) >= 11 is 9.35. The molecular formula is C11H7BrClNO2. The molecule has 0 N–H and O–H groups in total. The van der Waals surface area contributed by atoms with Gasteiger partial charge in [0.1, 0.15) is 0 Å². The van der Waals surface area contributed by atoms with Gasteiger partial charge < -0.3 is 4.74 Å². The third-order valence-corrected chi connectivity index (χ3v) is 3.34. The van der Waals surface area contributed by atoms with Gasteiger partial charge in [0.2, 0.25) is 0 Å². The molecule has 0 aliphatic heterocycles. The lowest BCUT2D eigenvalue weighted by Crippen LogP contribution is -2.02. The third-order valence-electron chi connectivity index (χ3n) is 2.20. The van der Waals surface area contributed by atoms with Gasteiger partial charge in [-0.2, -0.15) is 0 Å². The maximum Gasteiger partial charge on any atom is 0.339 e. The van der Waals surface area contributed by atoms with Crippen LogP contribution in [0.15, 0.2) is 28.9 Å².